The summed E-state index contributed by atoms with van der Waals surface area (Å²) in [5.74, 6) is 0.604. The van der Waals surface area contributed by atoms with Crippen LogP contribution in [-0.4, -0.2) is 6.54 Å². The van der Waals surface area contributed by atoms with Crippen LogP contribution >= 0.6 is 11.3 Å². The molecule has 0 amide bonds. The van der Waals surface area contributed by atoms with E-state index in [4.69, 9.17) is 0 Å². The first-order valence-electron chi connectivity index (χ1n) is 8.05. The molecule has 1 aromatic carbocycles. The number of rotatable bonds is 8. The topological polar surface area (TPSA) is 12.0 Å². The lowest BCUT2D eigenvalue weighted by Crippen LogP contribution is -2.22. The smallest absolute Gasteiger partial charge is 0.0323 e. The van der Waals surface area contributed by atoms with Crippen molar-refractivity contribution in [2.24, 2.45) is 0 Å². The van der Waals surface area contributed by atoms with Gasteiger partial charge in [-0.15, -0.1) is 0 Å². The molecule has 0 bridgehead atoms. The largest absolute Gasteiger partial charge is 0.310 e. The van der Waals surface area contributed by atoms with Crippen LogP contribution in [0.5, 0.6) is 0 Å². The molecule has 0 saturated carbocycles. The van der Waals surface area contributed by atoms with Gasteiger partial charge in [-0.1, -0.05) is 45.0 Å². The molecule has 0 aliphatic rings. The third-order valence-corrected chi connectivity index (χ3v) is 4.68. The minimum atomic E-state index is 0.464. The summed E-state index contributed by atoms with van der Waals surface area (Å²) in [6, 6.07) is 11.9. The molecule has 0 radical (unpaired) electrons. The highest BCUT2D eigenvalue weighted by atomic mass is 32.1. The zero-order chi connectivity index (χ0) is 15.1. The molecule has 1 atom stereocenters. The van der Waals surface area contributed by atoms with Crippen molar-refractivity contribution in [3.63, 3.8) is 0 Å². The highest BCUT2D eigenvalue weighted by Gasteiger charge is 2.11. The predicted octanol–water partition coefficient (Wildman–Crippen LogP) is 5.55. The Morgan fingerprint density at radius 2 is 1.76 bits per heavy atom. The van der Waals surface area contributed by atoms with Gasteiger partial charge in [0.05, 0.1) is 0 Å². The number of nitrogens with one attached hydrogen (secondary N) is 1. The van der Waals surface area contributed by atoms with Gasteiger partial charge in [-0.05, 0) is 65.2 Å². The Kier molecular flexibility index (Phi) is 6.47. The molecule has 0 spiro atoms. The molecule has 1 heterocycles. The highest BCUT2D eigenvalue weighted by Crippen LogP contribution is 2.23. The Morgan fingerprint density at radius 3 is 2.33 bits per heavy atom. The van der Waals surface area contributed by atoms with E-state index in [0.29, 0.717) is 12.0 Å². The fourth-order valence-corrected chi connectivity index (χ4v) is 3.27. The molecule has 2 rings (SSSR count). The van der Waals surface area contributed by atoms with E-state index < -0.39 is 0 Å². The Bertz CT molecular complexity index is 499. The summed E-state index contributed by atoms with van der Waals surface area (Å²) < 4.78 is 0. The third-order valence-electron chi connectivity index (χ3n) is 3.95. The SMILES string of the molecule is CCCNC(CCc1ccsc1)c1ccc(C(C)C)cc1. The first-order chi connectivity index (χ1) is 10.2. The van der Waals surface area contributed by atoms with Crippen LogP contribution < -0.4 is 5.32 Å². The molecular weight excluding hydrogens is 274 g/mol. The molecule has 1 N–H and O–H groups in total. The summed E-state index contributed by atoms with van der Waals surface area (Å²) in [6.45, 7) is 7.81. The van der Waals surface area contributed by atoms with E-state index in [1.54, 1.807) is 11.3 Å². The van der Waals surface area contributed by atoms with Crippen LogP contribution in [0.15, 0.2) is 41.1 Å². The van der Waals surface area contributed by atoms with Gasteiger partial charge in [-0.2, -0.15) is 11.3 Å². The standard InChI is InChI=1S/C19H27NS/c1-4-12-20-19(10-5-16-11-13-21-14-16)18-8-6-17(7-9-18)15(2)3/h6-9,11,13-15,19-20H,4-5,10,12H2,1-3H3. The Morgan fingerprint density at radius 1 is 1.05 bits per heavy atom. The maximum atomic E-state index is 3.70. The number of hydrogen-bond acceptors (Lipinski definition) is 2. The van der Waals surface area contributed by atoms with Crippen LogP contribution in [0.3, 0.4) is 0 Å². The van der Waals surface area contributed by atoms with E-state index in [9.17, 15) is 0 Å². The van der Waals surface area contributed by atoms with Gasteiger partial charge in [-0.25, -0.2) is 0 Å². The van der Waals surface area contributed by atoms with Crippen molar-refractivity contribution in [2.75, 3.05) is 6.54 Å². The van der Waals surface area contributed by atoms with Crippen LogP contribution in [0, 0.1) is 0 Å². The van der Waals surface area contributed by atoms with Gasteiger partial charge in [0.2, 0.25) is 0 Å². The fraction of sp³-hybridized carbons (Fsp3) is 0.474. The second-order valence-electron chi connectivity index (χ2n) is 6.00. The van der Waals surface area contributed by atoms with Crippen molar-refractivity contribution in [3.05, 3.63) is 57.8 Å². The first-order valence-corrected chi connectivity index (χ1v) is 8.99. The Balaban J connectivity index is 2.03. The summed E-state index contributed by atoms with van der Waals surface area (Å²) in [5.41, 5.74) is 4.30. The van der Waals surface area contributed by atoms with E-state index >= 15 is 0 Å². The zero-order valence-electron chi connectivity index (χ0n) is 13.4. The van der Waals surface area contributed by atoms with Crippen LogP contribution in [0.1, 0.15) is 62.3 Å². The second kappa shape index (κ2) is 8.35. The van der Waals surface area contributed by atoms with Crippen molar-refractivity contribution >= 4 is 11.3 Å². The van der Waals surface area contributed by atoms with Crippen LogP contribution in [0.4, 0.5) is 0 Å². The molecule has 0 aliphatic heterocycles. The normalized spacial score (nSPS) is 12.8. The number of thiophene rings is 1. The van der Waals surface area contributed by atoms with Gasteiger partial charge in [0.15, 0.2) is 0 Å². The summed E-state index contributed by atoms with van der Waals surface area (Å²) in [5, 5.41) is 8.13. The molecule has 1 unspecified atom stereocenters. The summed E-state index contributed by atoms with van der Waals surface area (Å²) in [4.78, 5) is 0. The van der Waals surface area contributed by atoms with Crippen molar-refractivity contribution in [1.82, 2.24) is 5.32 Å². The lowest BCUT2D eigenvalue weighted by atomic mass is 9.96. The average Bonchev–Trinajstić information content (AvgIpc) is 3.01. The summed E-state index contributed by atoms with van der Waals surface area (Å²) in [7, 11) is 0. The van der Waals surface area contributed by atoms with Crippen LogP contribution in [0.25, 0.3) is 0 Å². The van der Waals surface area contributed by atoms with Gasteiger partial charge in [0, 0.05) is 6.04 Å². The van der Waals surface area contributed by atoms with Gasteiger partial charge < -0.3 is 5.32 Å². The number of benzene rings is 1. The van der Waals surface area contributed by atoms with Gasteiger partial charge >= 0.3 is 0 Å². The molecule has 1 aromatic heterocycles. The van der Waals surface area contributed by atoms with Gasteiger partial charge in [-0.3, -0.25) is 0 Å². The van der Waals surface area contributed by atoms with Crippen LogP contribution in [-0.2, 0) is 6.42 Å². The van der Waals surface area contributed by atoms with Crippen LogP contribution in [0.2, 0.25) is 0 Å². The number of hydrogen-bond donors (Lipinski definition) is 1. The van der Waals surface area contributed by atoms with E-state index in [1.807, 2.05) is 0 Å². The molecule has 21 heavy (non-hydrogen) atoms. The lowest BCUT2D eigenvalue weighted by Gasteiger charge is -2.19. The quantitative estimate of drug-likeness (QED) is 0.674. The third kappa shape index (κ3) is 4.98. The zero-order valence-corrected chi connectivity index (χ0v) is 14.2. The molecular formula is C19H27NS. The molecule has 0 fully saturated rings. The molecule has 2 heteroatoms. The van der Waals surface area contributed by atoms with Gasteiger partial charge in [0.25, 0.3) is 0 Å². The van der Waals surface area contributed by atoms with Crippen molar-refractivity contribution in [3.8, 4) is 0 Å². The molecule has 2 aromatic rings. The minimum absolute atomic E-state index is 0.464. The van der Waals surface area contributed by atoms with E-state index in [2.05, 4.69) is 67.2 Å². The molecule has 0 aliphatic carbocycles. The van der Waals surface area contributed by atoms with E-state index in [0.717, 1.165) is 19.4 Å². The maximum Gasteiger partial charge on any atom is 0.0323 e. The number of aryl methyl sites for hydroxylation is 1. The Labute approximate surface area is 133 Å². The maximum absolute atomic E-state index is 3.70. The predicted molar refractivity (Wildman–Crippen MR) is 94.2 cm³/mol. The molecule has 1 nitrogen and oxygen atoms in total. The summed E-state index contributed by atoms with van der Waals surface area (Å²) in [6.07, 6.45) is 3.49. The van der Waals surface area contributed by atoms with Gasteiger partial charge in [0.1, 0.15) is 0 Å². The van der Waals surface area contributed by atoms with Crippen molar-refractivity contribution in [1.29, 1.82) is 0 Å². The lowest BCUT2D eigenvalue weighted by molar-refractivity contribution is 0.499. The molecule has 114 valence electrons. The highest BCUT2D eigenvalue weighted by molar-refractivity contribution is 7.07. The van der Waals surface area contributed by atoms with Crippen molar-refractivity contribution in [2.45, 2.75) is 52.0 Å². The van der Waals surface area contributed by atoms with E-state index in [-0.39, 0.29) is 0 Å². The van der Waals surface area contributed by atoms with Crippen molar-refractivity contribution < 1.29 is 0 Å². The monoisotopic (exact) mass is 301 g/mol. The average molecular weight is 301 g/mol. The second-order valence-corrected chi connectivity index (χ2v) is 6.78. The minimum Gasteiger partial charge on any atom is -0.310 e. The van der Waals surface area contributed by atoms with E-state index in [1.165, 1.54) is 23.1 Å². The summed E-state index contributed by atoms with van der Waals surface area (Å²) >= 11 is 1.79. The Hall–Kier alpha value is -1.12. The fourth-order valence-electron chi connectivity index (χ4n) is 2.56. The first kappa shape index (κ1) is 16.3. The molecule has 0 saturated heterocycles.